The molecule has 1 aliphatic carbocycles. The lowest BCUT2D eigenvalue weighted by Gasteiger charge is -2.50. The lowest BCUT2D eigenvalue weighted by Crippen LogP contribution is -2.66. The predicted molar refractivity (Wildman–Crippen MR) is 105 cm³/mol. The molecule has 6 saturated heterocycles. The van der Waals surface area contributed by atoms with Crippen molar-refractivity contribution < 1.29 is 29.0 Å². The van der Waals surface area contributed by atoms with Gasteiger partial charge in [-0.25, -0.2) is 4.79 Å². The molecule has 8 aliphatic rings. The van der Waals surface area contributed by atoms with E-state index in [-0.39, 0.29) is 23.8 Å². The van der Waals surface area contributed by atoms with Crippen LogP contribution >= 0.6 is 0 Å². The Morgan fingerprint density at radius 1 is 1.32 bits per heavy atom. The fourth-order valence-electron chi connectivity index (χ4n) is 10.7. The molecule has 8 rings (SSSR count). The van der Waals surface area contributed by atoms with Crippen LogP contribution in [0.25, 0.3) is 0 Å². The number of aliphatic carboxylic acids is 1. The van der Waals surface area contributed by atoms with Gasteiger partial charge in [0.05, 0.1) is 30.6 Å². The van der Waals surface area contributed by atoms with Crippen molar-refractivity contribution in [3.05, 3.63) is 23.3 Å². The molecule has 1 saturated carbocycles. The van der Waals surface area contributed by atoms with Gasteiger partial charge in [0.2, 0.25) is 0 Å². The number of aliphatic hydroxyl groups is 1. The number of carbonyl (C=O) groups is 2. The van der Waals surface area contributed by atoms with Crippen LogP contribution < -0.4 is 5.11 Å². The third kappa shape index (κ3) is 1.67. The van der Waals surface area contributed by atoms with Gasteiger partial charge in [-0.2, -0.15) is 0 Å². The second-order valence-corrected chi connectivity index (χ2v) is 11.5. The van der Waals surface area contributed by atoms with E-state index in [4.69, 9.17) is 4.74 Å². The molecule has 7 aliphatic heterocycles. The molecule has 7 fully saturated rings. The maximum atomic E-state index is 12.6. The Labute approximate surface area is 180 Å². The van der Waals surface area contributed by atoms with Crippen LogP contribution in [0, 0.1) is 11.8 Å². The van der Waals surface area contributed by atoms with Gasteiger partial charge in [0, 0.05) is 43.6 Å². The van der Waals surface area contributed by atoms with Gasteiger partial charge in [-0.1, -0.05) is 0 Å². The highest BCUT2D eigenvalue weighted by Gasteiger charge is 2.83. The Bertz CT molecular complexity index is 1020. The summed E-state index contributed by atoms with van der Waals surface area (Å²) >= 11 is 0. The number of ether oxygens (including phenoxy) is 1. The fraction of sp³-hybridized carbons (Fsp3) is 0.750. The Hall–Kier alpha value is -1.70. The molecule has 0 aromatic rings. The van der Waals surface area contributed by atoms with Crippen molar-refractivity contribution >= 4 is 11.9 Å². The maximum absolute atomic E-state index is 12.6. The van der Waals surface area contributed by atoms with Crippen molar-refractivity contribution in [2.45, 2.75) is 86.4 Å². The number of nitrogens with zero attached hydrogens (tertiary/aromatic N) is 2. The van der Waals surface area contributed by atoms with Crippen molar-refractivity contribution in [1.82, 2.24) is 4.90 Å². The molecular weight excluding hydrogens is 396 g/mol. The topological polar surface area (TPSA) is 89.9 Å². The van der Waals surface area contributed by atoms with Crippen molar-refractivity contribution in [1.29, 1.82) is 0 Å². The minimum absolute atomic E-state index is 0.0656. The number of carboxylic acid groups (broad SMARTS) is 1. The minimum Gasteiger partial charge on any atom is -0.545 e. The predicted octanol–water partition coefficient (Wildman–Crippen LogP) is -0.364. The van der Waals surface area contributed by atoms with Gasteiger partial charge < -0.3 is 24.2 Å². The van der Waals surface area contributed by atoms with Gasteiger partial charge in [0.25, 0.3) is 0 Å². The Balaban J connectivity index is 1.37. The number of carbonyl (C=O) groups excluding carboxylic acids is 2. The van der Waals surface area contributed by atoms with Crippen LogP contribution in [0.1, 0.15) is 44.9 Å². The number of carboxylic acids is 1. The Morgan fingerprint density at radius 2 is 2.19 bits per heavy atom. The normalized spacial score (nSPS) is 58.7. The van der Waals surface area contributed by atoms with Gasteiger partial charge in [-0.15, -0.1) is 0 Å². The monoisotopic (exact) mass is 424 g/mol. The quantitative estimate of drug-likeness (QED) is 0.351. The molecule has 1 N–H and O–H groups in total. The van der Waals surface area contributed by atoms with Crippen LogP contribution in [0.15, 0.2) is 23.3 Å². The highest BCUT2D eigenvalue weighted by Crippen LogP contribution is 2.71. The van der Waals surface area contributed by atoms with Crippen LogP contribution in [0.5, 0.6) is 0 Å². The van der Waals surface area contributed by atoms with E-state index < -0.39 is 17.2 Å². The van der Waals surface area contributed by atoms with Crippen LogP contribution in [0.4, 0.5) is 0 Å². The number of hydrogen-bond acceptors (Lipinski definition) is 6. The lowest BCUT2D eigenvalue weighted by atomic mass is 9.61. The average molecular weight is 424 g/mol. The zero-order valence-electron chi connectivity index (χ0n) is 17.5. The Morgan fingerprint density at radius 3 is 3.03 bits per heavy atom. The number of esters is 1. The molecular formula is C24H28N2O5. The molecule has 4 bridgehead atoms. The second-order valence-electron chi connectivity index (χ2n) is 11.5. The van der Waals surface area contributed by atoms with E-state index in [9.17, 15) is 19.8 Å². The summed E-state index contributed by atoms with van der Waals surface area (Å²) in [5, 5.41) is 23.5. The zero-order chi connectivity index (χ0) is 20.9. The molecule has 0 aromatic heterocycles. The van der Waals surface area contributed by atoms with Crippen LogP contribution in [0.2, 0.25) is 0 Å². The molecule has 164 valence electrons. The largest absolute Gasteiger partial charge is 0.545 e. The maximum Gasteiger partial charge on any atom is 0.331 e. The molecule has 7 heteroatoms. The number of rotatable bonds is 1. The van der Waals surface area contributed by atoms with Crippen molar-refractivity contribution in [2.24, 2.45) is 11.8 Å². The van der Waals surface area contributed by atoms with Gasteiger partial charge in [-0.3, -0.25) is 4.90 Å². The first-order chi connectivity index (χ1) is 14.9. The van der Waals surface area contributed by atoms with E-state index in [1.807, 2.05) is 6.08 Å². The van der Waals surface area contributed by atoms with Crippen molar-refractivity contribution in [3.63, 3.8) is 0 Å². The summed E-state index contributed by atoms with van der Waals surface area (Å²) < 4.78 is 7.12. The van der Waals surface area contributed by atoms with E-state index in [1.165, 1.54) is 11.6 Å². The van der Waals surface area contributed by atoms with E-state index in [2.05, 4.69) is 4.90 Å². The lowest BCUT2D eigenvalue weighted by molar-refractivity contribution is -0.966. The number of fused-ring (bicyclic) bond motifs is 6. The summed E-state index contributed by atoms with van der Waals surface area (Å²) in [5.41, 5.74) is 0.399. The first kappa shape index (κ1) is 17.8. The average Bonchev–Trinajstić information content (AvgIpc) is 3.49. The highest BCUT2D eigenvalue weighted by molar-refractivity contribution is 5.88. The van der Waals surface area contributed by atoms with Crippen LogP contribution in [-0.4, -0.2) is 80.9 Å². The first-order valence-electron chi connectivity index (χ1n) is 12.1. The fourth-order valence-corrected chi connectivity index (χ4v) is 10.7. The highest BCUT2D eigenvalue weighted by atomic mass is 16.6. The second kappa shape index (κ2) is 5.10. The molecule has 7 nitrogen and oxygen atoms in total. The van der Waals surface area contributed by atoms with Gasteiger partial charge in [0.15, 0.2) is 5.60 Å². The third-order valence-corrected chi connectivity index (χ3v) is 11.0. The molecule has 0 radical (unpaired) electrons. The van der Waals surface area contributed by atoms with Crippen LogP contribution in [-0.2, 0) is 14.3 Å². The number of hydrogen-bond donors (Lipinski definition) is 1. The molecule has 7 heterocycles. The third-order valence-electron chi connectivity index (χ3n) is 11.0. The Kier molecular flexibility index (Phi) is 2.93. The SMILES string of the molecule is O=C([O-])/C=C1/C[C@H]2[C@@H]3C4=CC(=O)O[C@@]45C[C@@H]([C@@H]3[N+]34CCC[C@@H]3[C@]1(O)C[C@@H]24)N1CCC[C@@H]15. The summed E-state index contributed by atoms with van der Waals surface area (Å²) in [5.74, 6) is -0.885. The molecule has 10 atom stereocenters. The zero-order valence-corrected chi connectivity index (χ0v) is 17.5. The summed E-state index contributed by atoms with van der Waals surface area (Å²) in [7, 11) is 0. The van der Waals surface area contributed by atoms with E-state index >= 15 is 0 Å². The molecule has 0 aromatic carbocycles. The van der Waals surface area contributed by atoms with E-state index in [1.54, 1.807) is 0 Å². The standard InChI is InChI=1S/C24H28N2O5/c27-19(28)8-12-7-13-16-11-23(12,30)18-4-2-6-26(16,18)22-15-10-24(17-3-1-5-25(15)17)14(21(13)22)9-20(29)31-24/h8-9,13,15-18,21-22,30H,1-7,10-11H2/b12-8-/t13-,15+,16+,17-,18-,21-,22+,23+,24+,26?/m1/s1. The van der Waals surface area contributed by atoms with Gasteiger partial charge in [0.1, 0.15) is 17.7 Å². The molecule has 1 unspecified atom stereocenters. The molecule has 0 amide bonds. The smallest absolute Gasteiger partial charge is 0.331 e. The summed E-state index contributed by atoms with van der Waals surface area (Å²) in [4.78, 5) is 26.9. The summed E-state index contributed by atoms with van der Waals surface area (Å²) in [6.45, 7) is 2.14. The van der Waals surface area contributed by atoms with E-state index in [0.29, 0.717) is 42.6 Å². The van der Waals surface area contributed by atoms with Crippen molar-refractivity contribution in [2.75, 3.05) is 13.1 Å². The van der Waals surface area contributed by atoms with E-state index in [0.717, 1.165) is 49.7 Å². The van der Waals surface area contributed by atoms with Crippen molar-refractivity contribution in [3.8, 4) is 0 Å². The van der Waals surface area contributed by atoms with Crippen LogP contribution in [0.3, 0.4) is 0 Å². The van der Waals surface area contributed by atoms with Gasteiger partial charge in [-0.05, 0) is 43.0 Å². The van der Waals surface area contributed by atoms with Gasteiger partial charge >= 0.3 is 5.97 Å². The first-order valence-corrected chi connectivity index (χ1v) is 12.1. The number of quaternary nitrogens is 1. The molecule has 2 spiro atoms. The summed E-state index contributed by atoms with van der Waals surface area (Å²) in [6, 6.07) is 1.48. The molecule has 31 heavy (non-hydrogen) atoms. The minimum atomic E-state index is -1.21. The summed E-state index contributed by atoms with van der Waals surface area (Å²) in [6.07, 6.45) is 9.43.